The van der Waals surface area contributed by atoms with Gasteiger partial charge in [-0.25, -0.2) is 4.79 Å². The largest absolute Gasteiger partial charge is 0.460 e. The predicted molar refractivity (Wildman–Crippen MR) is 77.4 cm³/mol. The van der Waals surface area contributed by atoms with Gasteiger partial charge in [-0.1, -0.05) is 35.9 Å². The summed E-state index contributed by atoms with van der Waals surface area (Å²) in [5, 5.41) is 0. The van der Waals surface area contributed by atoms with Crippen LogP contribution < -0.4 is 0 Å². The molecule has 3 atom stereocenters. The molecule has 2 bridgehead atoms. The van der Waals surface area contributed by atoms with E-state index in [0.29, 0.717) is 12.8 Å². The van der Waals surface area contributed by atoms with Crippen molar-refractivity contribution < 1.29 is 19.1 Å². The summed E-state index contributed by atoms with van der Waals surface area (Å²) in [6.07, 6.45) is 3.04. The first-order valence-electron chi connectivity index (χ1n) is 6.79. The number of halogens is 1. The molecule has 0 amide bonds. The smallest absolute Gasteiger partial charge is 0.376 e. The Kier molecular flexibility index (Phi) is 3.48. The summed E-state index contributed by atoms with van der Waals surface area (Å²) >= 11 is 3.31. The van der Waals surface area contributed by atoms with Gasteiger partial charge < -0.3 is 4.74 Å². The lowest BCUT2D eigenvalue weighted by Crippen LogP contribution is -2.51. The summed E-state index contributed by atoms with van der Waals surface area (Å²) in [5.74, 6) is -2.21. The van der Waals surface area contributed by atoms with Gasteiger partial charge in [0.05, 0.1) is 12.0 Å². The van der Waals surface area contributed by atoms with Crippen molar-refractivity contribution in [3.8, 4) is 0 Å². The fraction of sp³-hybridized carbons (Fsp3) is 0.667. The van der Waals surface area contributed by atoms with Crippen molar-refractivity contribution in [1.29, 1.82) is 0 Å². The third-order valence-electron chi connectivity index (χ3n) is 5.20. The van der Waals surface area contributed by atoms with Crippen molar-refractivity contribution in [2.75, 3.05) is 6.61 Å². The summed E-state index contributed by atoms with van der Waals surface area (Å²) in [6.45, 7) is 9.47. The fourth-order valence-electron chi connectivity index (χ4n) is 4.02. The van der Waals surface area contributed by atoms with Gasteiger partial charge in [0.1, 0.15) is 0 Å². The van der Waals surface area contributed by atoms with Gasteiger partial charge in [-0.3, -0.25) is 9.59 Å². The van der Waals surface area contributed by atoms with E-state index < -0.39 is 26.9 Å². The molecule has 2 aliphatic carbocycles. The summed E-state index contributed by atoms with van der Waals surface area (Å²) in [4.78, 5) is 37.1. The SMILES string of the molecule is C=C[C@@]12CC[C@@H](C1(C)C)[C@@](Br)(C(=O)C(=O)OCC)C2=O. The van der Waals surface area contributed by atoms with E-state index in [1.165, 1.54) is 0 Å². The highest BCUT2D eigenvalue weighted by molar-refractivity contribution is 9.10. The van der Waals surface area contributed by atoms with Crippen molar-refractivity contribution in [2.24, 2.45) is 16.7 Å². The first-order chi connectivity index (χ1) is 9.20. The molecule has 2 fully saturated rings. The van der Waals surface area contributed by atoms with Crippen LogP contribution in [-0.4, -0.2) is 28.5 Å². The highest BCUT2D eigenvalue weighted by Gasteiger charge is 2.76. The molecule has 0 aromatic carbocycles. The summed E-state index contributed by atoms with van der Waals surface area (Å²) < 4.78 is 3.31. The number of ether oxygens (including phenoxy) is 1. The number of Topliss-reactive ketones (excluding diaryl/α,β-unsaturated/α-hetero) is 2. The normalized spacial score (nSPS) is 37.8. The molecule has 20 heavy (non-hydrogen) atoms. The van der Waals surface area contributed by atoms with Gasteiger partial charge in [-0.15, -0.1) is 6.58 Å². The van der Waals surface area contributed by atoms with Gasteiger partial charge in [0.15, 0.2) is 10.1 Å². The van der Waals surface area contributed by atoms with Gasteiger partial charge >= 0.3 is 5.97 Å². The maximum Gasteiger partial charge on any atom is 0.376 e. The Morgan fingerprint density at radius 2 is 2.10 bits per heavy atom. The van der Waals surface area contributed by atoms with E-state index in [2.05, 4.69) is 22.5 Å². The number of hydrogen-bond acceptors (Lipinski definition) is 4. The lowest BCUT2D eigenvalue weighted by Gasteiger charge is -2.32. The molecule has 0 unspecified atom stereocenters. The molecule has 0 heterocycles. The molecule has 0 aromatic rings. The minimum Gasteiger partial charge on any atom is -0.460 e. The Hall–Kier alpha value is -0.970. The van der Waals surface area contributed by atoms with Crippen LogP contribution in [0.3, 0.4) is 0 Å². The predicted octanol–water partition coefficient (Wildman–Crippen LogP) is 2.44. The molecule has 5 heteroatoms. The number of rotatable bonds is 4. The fourth-order valence-corrected chi connectivity index (χ4v) is 5.33. The van der Waals surface area contributed by atoms with E-state index in [1.807, 2.05) is 13.8 Å². The maximum atomic E-state index is 12.9. The summed E-state index contributed by atoms with van der Waals surface area (Å²) in [7, 11) is 0. The number of alkyl halides is 1. The van der Waals surface area contributed by atoms with Crippen molar-refractivity contribution in [3.63, 3.8) is 0 Å². The van der Waals surface area contributed by atoms with Gasteiger partial charge in [0.2, 0.25) is 0 Å². The Balaban J connectivity index is 2.50. The van der Waals surface area contributed by atoms with Gasteiger partial charge in [0, 0.05) is 0 Å². The monoisotopic (exact) mass is 342 g/mol. The second kappa shape index (κ2) is 4.52. The number of ketones is 2. The molecule has 0 saturated heterocycles. The third-order valence-corrected chi connectivity index (χ3v) is 6.48. The molecule has 0 radical (unpaired) electrons. The quantitative estimate of drug-likeness (QED) is 0.259. The molecule has 4 nitrogen and oxygen atoms in total. The van der Waals surface area contributed by atoms with Gasteiger partial charge in [-0.05, 0) is 31.1 Å². The number of allylic oxidation sites excluding steroid dienone is 1. The van der Waals surface area contributed by atoms with Crippen LogP contribution >= 0.6 is 15.9 Å². The Bertz CT molecular complexity index is 510. The molecule has 2 saturated carbocycles. The van der Waals surface area contributed by atoms with Crippen LogP contribution in [0, 0.1) is 16.7 Å². The zero-order chi connectivity index (χ0) is 15.3. The second-order valence-electron chi connectivity index (χ2n) is 6.08. The molecule has 0 N–H and O–H groups in total. The molecule has 0 aliphatic heterocycles. The van der Waals surface area contributed by atoms with Crippen LogP contribution in [0.5, 0.6) is 0 Å². The van der Waals surface area contributed by atoms with Gasteiger partial charge in [-0.2, -0.15) is 0 Å². The van der Waals surface area contributed by atoms with Crippen LogP contribution in [0.1, 0.15) is 33.6 Å². The highest BCUT2D eigenvalue weighted by Crippen LogP contribution is 2.70. The topological polar surface area (TPSA) is 60.4 Å². The average Bonchev–Trinajstić information content (AvgIpc) is 2.73. The second-order valence-corrected chi connectivity index (χ2v) is 7.33. The van der Waals surface area contributed by atoms with Crippen molar-refractivity contribution in [3.05, 3.63) is 12.7 Å². The van der Waals surface area contributed by atoms with Crippen molar-refractivity contribution in [1.82, 2.24) is 0 Å². The third kappa shape index (κ3) is 1.50. The van der Waals surface area contributed by atoms with Crippen LogP contribution in [-0.2, 0) is 19.1 Å². The number of carbonyl (C=O) groups is 3. The first kappa shape index (κ1) is 15.4. The van der Waals surface area contributed by atoms with Crippen molar-refractivity contribution in [2.45, 2.75) is 37.9 Å². The number of esters is 1. The Labute approximate surface area is 127 Å². The zero-order valence-corrected chi connectivity index (χ0v) is 13.6. The summed E-state index contributed by atoms with van der Waals surface area (Å²) in [5.41, 5.74) is -1.15. The van der Waals surface area contributed by atoms with E-state index in [4.69, 9.17) is 4.74 Å². The van der Waals surface area contributed by atoms with Crippen LogP contribution in [0.15, 0.2) is 12.7 Å². The minimum absolute atomic E-state index is 0.114. The number of carbonyl (C=O) groups excluding carboxylic acids is 3. The van der Waals surface area contributed by atoms with E-state index in [-0.39, 0.29) is 18.3 Å². The van der Waals surface area contributed by atoms with E-state index in [1.54, 1.807) is 13.0 Å². The van der Waals surface area contributed by atoms with Crippen LogP contribution in [0.25, 0.3) is 0 Å². The lowest BCUT2D eigenvalue weighted by atomic mass is 9.69. The Morgan fingerprint density at radius 1 is 1.50 bits per heavy atom. The minimum atomic E-state index is -1.46. The molecule has 0 aromatic heterocycles. The molecule has 110 valence electrons. The zero-order valence-electron chi connectivity index (χ0n) is 12.0. The van der Waals surface area contributed by atoms with E-state index >= 15 is 0 Å². The molecular weight excluding hydrogens is 324 g/mol. The Morgan fingerprint density at radius 3 is 2.55 bits per heavy atom. The average molecular weight is 343 g/mol. The molecule has 2 rings (SSSR count). The standard InChI is InChI=1S/C15H19BrO4/c1-5-14-8-7-9(13(14,3)4)15(16,12(14)19)10(17)11(18)20-6-2/h5,9H,1,6-8H2,2-4H3/t9-,14-,15+/m0/s1. The van der Waals surface area contributed by atoms with Crippen LogP contribution in [0.4, 0.5) is 0 Å². The highest BCUT2D eigenvalue weighted by atomic mass is 79.9. The lowest BCUT2D eigenvalue weighted by molar-refractivity contribution is -0.156. The maximum absolute atomic E-state index is 12.9. The summed E-state index contributed by atoms with van der Waals surface area (Å²) in [6, 6.07) is 0. The number of fused-ring (bicyclic) bond motifs is 2. The first-order valence-corrected chi connectivity index (χ1v) is 7.58. The van der Waals surface area contributed by atoms with Crippen LogP contribution in [0.2, 0.25) is 0 Å². The molecule has 0 spiro atoms. The number of hydrogen-bond donors (Lipinski definition) is 0. The molecular formula is C15H19BrO4. The van der Waals surface area contributed by atoms with Crippen molar-refractivity contribution >= 4 is 33.5 Å². The van der Waals surface area contributed by atoms with Gasteiger partial charge in [0.25, 0.3) is 5.78 Å². The van der Waals surface area contributed by atoms with E-state index in [0.717, 1.165) is 0 Å². The van der Waals surface area contributed by atoms with E-state index in [9.17, 15) is 14.4 Å². The molecule has 2 aliphatic rings.